The van der Waals surface area contributed by atoms with Gasteiger partial charge in [0.1, 0.15) is 5.75 Å². The monoisotopic (exact) mass is 473 g/mol. The summed E-state index contributed by atoms with van der Waals surface area (Å²) in [5.74, 6) is -0.247. The number of halogens is 6. The van der Waals surface area contributed by atoms with Crippen LogP contribution in [0.1, 0.15) is 0 Å². The van der Waals surface area contributed by atoms with Crippen molar-refractivity contribution in [2.45, 2.75) is 12.5 Å². The lowest BCUT2D eigenvalue weighted by Gasteiger charge is -2.15. The van der Waals surface area contributed by atoms with E-state index in [1.807, 2.05) is 22.6 Å². The summed E-state index contributed by atoms with van der Waals surface area (Å²) >= 11 is 10.5. The summed E-state index contributed by atoms with van der Waals surface area (Å²) in [6.07, 6.45) is -5.47. The SMILES string of the molecule is OC(CCl)CNc1c(Br)cc(OC(F)(F)F)cc1I. The largest absolute Gasteiger partial charge is 0.573 e. The van der Waals surface area contributed by atoms with Gasteiger partial charge in [0.15, 0.2) is 0 Å². The average Bonchev–Trinajstić information content (AvgIpc) is 2.25. The molecule has 1 rings (SSSR count). The van der Waals surface area contributed by atoms with Gasteiger partial charge < -0.3 is 15.2 Å². The van der Waals surface area contributed by atoms with E-state index in [9.17, 15) is 18.3 Å². The molecule has 1 atom stereocenters. The molecular weight excluding hydrogens is 465 g/mol. The van der Waals surface area contributed by atoms with E-state index in [0.29, 0.717) is 13.7 Å². The first-order chi connectivity index (χ1) is 8.73. The molecule has 0 heterocycles. The highest BCUT2D eigenvalue weighted by Crippen LogP contribution is 2.34. The van der Waals surface area contributed by atoms with Crippen LogP contribution in [0.4, 0.5) is 18.9 Å². The van der Waals surface area contributed by atoms with Crippen LogP contribution in [0.2, 0.25) is 0 Å². The summed E-state index contributed by atoms with van der Waals surface area (Å²) in [7, 11) is 0. The molecule has 9 heteroatoms. The average molecular weight is 474 g/mol. The molecule has 0 aliphatic rings. The maximum absolute atomic E-state index is 12.1. The normalized spacial score (nSPS) is 13.2. The lowest BCUT2D eigenvalue weighted by atomic mass is 10.3. The Morgan fingerprint density at radius 1 is 1.47 bits per heavy atom. The van der Waals surface area contributed by atoms with E-state index in [4.69, 9.17) is 11.6 Å². The minimum absolute atomic E-state index is 0.0659. The van der Waals surface area contributed by atoms with E-state index in [1.165, 1.54) is 12.1 Å². The highest BCUT2D eigenvalue weighted by Gasteiger charge is 2.31. The van der Waals surface area contributed by atoms with Gasteiger partial charge in [-0.1, -0.05) is 0 Å². The number of hydrogen-bond donors (Lipinski definition) is 2. The number of aliphatic hydroxyl groups excluding tert-OH is 1. The summed E-state index contributed by atoms with van der Waals surface area (Å²) in [6.45, 7) is 0.192. The van der Waals surface area contributed by atoms with Crippen LogP contribution < -0.4 is 10.1 Å². The van der Waals surface area contributed by atoms with Crippen LogP contribution in [0.15, 0.2) is 16.6 Å². The molecule has 108 valence electrons. The Morgan fingerprint density at radius 3 is 2.58 bits per heavy atom. The first-order valence-corrected chi connectivity index (χ1v) is 7.36. The van der Waals surface area contributed by atoms with Gasteiger partial charge in [-0.15, -0.1) is 24.8 Å². The minimum atomic E-state index is -4.73. The van der Waals surface area contributed by atoms with Crippen molar-refractivity contribution in [3.63, 3.8) is 0 Å². The second kappa shape index (κ2) is 7.19. The van der Waals surface area contributed by atoms with E-state index in [0.717, 1.165) is 0 Å². The highest BCUT2D eigenvalue weighted by molar-refractivity contribution is 14.1. The first-order valence-electron chi connectivity index (χ1n) is 4.95. The Morgan fingerprint density at radius 2 is 2.11 bits per heavy atom. The fraction of sp³-hybridized carbons (Fsp3) is 0.400. The third-order valence-corrected chi connectivity index (χ3v) is 3.77. The number of ether oxygens (including phenoxy) is 1. The third-order valence-electron chi connectivity index (χ3n) is 1.94. The van der Waals surface area contributed by atoms with Crippen LogP contribution in [0.3, 0.4) is 0 Å². The fourth-order valence-electron chi connectivity index (χ4n) is 1.19. The second-order valence-corrected chi connectivity index (χ2v) is 5.82. The lowest BCUT2D eigenvalue weighted by molar-refractivity contribution is -0.274. The molecule has 0 amide bonds. The predicted molar refractivity (Wildman–Crippen MR) is 78.8 cm³/mol. The van der Waals surface area contributed by atoms with Gasteiger partial charge >= 0.3 is 6.36 Å². The number of rotatable bonds is 5. The Bertz CT molecular complexity index is 424. The van der Waals surface area contributed by atoms with Crippen molar-refractivity contribution in [3.05, 3.63) is 20.2 Å². The van der Waals surface area contributed by atoms with Crippen molar-refractivity contribution < 1.29 is 23.0 Å². The molecule has 0 spiro atoms. The van der Waals surface area contributed by atoms with Crippen LogP contribution in [-0.2, 0) is 0 Å². The summed E-state index contributed by atoms with van der Waals surface area (Å²) in [6, 6.07) is 2.44. The zero-order valence-corrected chi connectivity index (χ0v) is 13.8. The van der Waals surface area contributed by atoms with Gasteiger partial charge in [0, 0.05) is 14.6 Å². The van der Waals surface area contributed by atoms with Crippen LogP contribution in [0.25, 0.3) is 0 Å². The molecule has 1 unspecified atom stereocenters. The van der Waals surface area contributed by atoms with Crippen molar-refractivity contribution in [2.24, 2.45) is 0 Å². The number of hydrogen-bond acceptors (Lipinski definition) is 3. The fourth-order valence-corrected chi connectivity index (χ4v) is 3.03. The topological polar surface area (TPSA) is 41.5 Å². The molecule has 0 bridgehead atoms. The standard InChI is InChI=1S/C10H9BrClF3INO2/c11-7-1-6(19-10(13,14)15)2-8(16)9(7)17-4-5(18)3-12/h1-2,5,17-18H,3-4H2. The number of aliphatic hydroxyl groups is 1. The van der Waals surface area contributed by atoms with Gasteiger partial charge in [0.05, 0.1) is 17.7 Å². The van der Waals surface area contributed by atoms with Crippen molar-refractivity contribution in [3.8, 4) is 5.75 Å². The lowest BCUT2D eigenvalue weighted by Crippen LogP contribution is -2.21. The van der Waals surface area contributed by atoms with E-state index in [2.05, 4.69) is 26.0 Å². The maximum atomic E-state index is 12.1. The molecule has 0 fully saturated rings. The smallest absolute Gasteiger partial charge is 0.406 e. The van der Waals surface area contributed by atoms with Crippen molar-refractivity contribution >= 4 is 55.8 Å². The minimum Gasteiger partial charge on any atom is -0.406 e. The molecule has 19 heavy (non-hydrogen) atoms. The number of alkyl halides is 4. The van der Waals surface area contributed by atoms with E-state index in [-0.39, 0.29) is 18.2 Å². The van der Waals surface area contributed by atoms with E-state index >= 15 is 0 Å². The molecular formula is C10H9BrClF3INO2. The molecule has 0 aliphatic carbocycles. The second-order valence-electron chi connectivity index (χ2n) is 3.50. The Hall–Kier alpha value is 0.0700. The van der Waals surface area contributed by atoms with Crippen molar-refractivity contribution in [1.29, 1.82) is 0 Å². The Labute approximate surface area is 134 Å². The predicted octanol–water partition coefficient (Wildman–Crippen LogP) is 3.96. The van der Waals surface area contributed by atoms with Crippen LogP contribution in [-0.4, -0.2) is 30.0 Å². The number of benzene rings is 1. The zero-order valence-electron chi connectivity index (χ0n) is 9.27. The molecule has 2 N–H and O–H groups in total. The summed E-state index contributed by atoms with van der Waals surface area (Å²) < 4.78 is 41.1. The van der Waals surface area contributed by atoms with Gasteiger partial charge in [-0.25, -0.2) is 0 Å². The Balaban J connectivity index is 2.85. The summed E-state index contributed by atoms with van der Waals surface area (Å²) in [4.78, 5) is 0. The molecule has 0 aromatic heterocycles. The van der Waals surface area contributed by atoms with Gasteiger partial charge in [-0.3, -0.25) is 0 Å². The Kier molecular flexibility index (Phi) is 6.48. The molecule has 0 saturated carbocycles. The van der Waals surface area contributed by atoms with Gasteiger partial charge in [0.25, 0.3) is 0 Å². The van der Waals surface area contributed by atoms with Crippen LogP contribution in [0, 0.1) is 3.57 Å². The van der Waals surface area contributed by atoms with Crippen LogP contribution in [0.5, 0.6) is 5.75 Å². The highest BCUT2D eigenvalue weighted by atomic mass is 127. The van der Waals surface area contributed by atoms with Gasteiger partial charge in [-0.05, 0) is 50.7 Å². The van der Waals surface area contributed by atoms with Gasteiger partial charge in [0.2, 0.25) is 0 Å². The summed E-state index contributed by atoms with van der Waals surface area (Å²) in [5.41, 5.74) is 0.569. The molecule has 1 aromatic carbocycles. The number of anilines is 1. The van der Waals surface area contributed by atoms with E-state index < -0.39 is 12.5 Å². The van der Waals surface area contributed by atoms with Crippen molar-refractivity contribution in [1.82, 2.24) is 0 Å². The van der Waals surface area contributed by atoms with E-state index in [1.54, 1.807) is 0 Å². The first kappa shape index (κ1) is 17.1. The molecule has 0 aliphatic heterocycles. The zero-order chi connectivity index (χ0) is 14.6. The third kappa shape index (κ3) is 5.92. The maximum Gasteiger partial charge on any atom is 0.573 e. The van der Waals surface area contributed by atoms with Crippen molar-refractivity contribution in [2.75, 3.05) is 17.7 Å². The number of nitrogens with one attached hydrogen (secondary N) is 1. The van der Waals surface area contributed by atoms with Gasteiger partial charge in [-0.2, -0.15) is 0 Å². The quantitative estimate of drug-likeness (QED) is 0.502. The molecule has 0 saturated heterocycles. The van der Waals surface area contributed by atoms with Crippen LogP contribution >= 0.6 is 50.1 Å². The molecule has 0 radical (unpaired) electrons. The summed E-state index contributed by atoms with van der Waals surface area (Å²) in [5, 5.41) is 12.2. The molecule has 1 aromatic rings. The molecule has 3 nitrogen and oxygen atoms in total.